The number of sulfonamides is 1. The Morgan fingerprint density at radius 2 is 1.59 bits per heavy atom. The summed E-state index contributed by atoms with van der Waals surface area (Å²) in [5, 5.41) is 5.46. The van der Waals surface area contributed by atoms with E-state index in [4.69, 9.17) is 4.74 Å². The molecule has 0 radical (unpaired) electrons. The second-order valence-corrected chi connectivity index (χ2v) is 9.77. The van der Waals surface area contributed by atoms with Crippen molar-refractivity contribution in [1.82, 2.24) is 4.31 Å². The van der Waals surface area contributed by atoms with Gasteiger partial charge in [-0.25, -0.2) is 13.2 Å². The molecular weight excluding hydrogens is 430 g/mol. The maximum atomic E-state index is 13.0. The first kappa shape index (κ1) is 23.7. The van der Waals surface area contributed by atoms with Gasteiger partial charge in [-0.1, -0.05) is 17.7 Å². The van der Waals surface area contributed by atoms with E-state index in [1.807, 2.05) is 13.0 Å². The number of amides is 2. The van der Waals surface area contributed by atoms with Gasteiger partial charge in [-0.3, -0.25) is 10.1 Å². The van der Waals surface area contributed by atoms with Gasteiger partial charge in [0.25, 0.3) is 0 Å². The number of rotatable bonds is 6. The number of aryl methyl sites for hydroxylation is 2. The summed E-state index contributed by atoms with van der Waals surface area (Å²) in [7, 11) is -3.58. The van der Waals surface area contributed by atoms with Crippen molar-refractivity contribution >= 4 is 33.4 Å². The third-order valence-corrected chi connectivity index (χ3v) is 7.51. The van der Waals surface area contributed by atoms with Gasteiger partial charge in [-0.2, -0.15) is 4.31 Å². The zero-order chi connectivity index (χ0) is 23.3. The monoisotopic (exact) mass is 459 g/mol. The van der Waals surface area contributed by atoms with Gasteiger partial charge in [0.15, 0.2) is 0 Å². The van der Waals surface area contributed by atoms with Crippen LogP contribution in [0.25, 0.3) is 0 Å². The number of anilines is 2. The van der Waals surface area contributed by atoms with Gasteiger partial charge in [0.05, 0.1) is 11.5 Å². The lowest BCUT2D eigenvalue weighted by atomic mass is 9.97. The molecule has 9 heteroatoms. The summed E-state index contributed by atoms with van der Waals surface area (Å²) in [5.74, 6) is -0.405. The predicted octanol–water partition coefficient (Wildman–Crippen LogP) is 3.91. The van der Waals surface area contributed by atoms with Crippen molar-refractivity contribution in [2.75, 3.05) is 30.3 Å². The van der Waals surface area contributed by atoms with Gasteiger partial charge < -0.3 is 10.1 Å². The fourth-order valence-corrected chi connectivity index (χ4v) is 5.43. The van der Waals surface area contributed by atoms with Gasteiger partial charge in [-0.15, -0.1) is 0 Å². The molecular formula is C23H29N3O5S. The Kier molecular flexibility index (Phi) is 7.52. The van der Waals surface area contributed by atoms with Crippen LogP contribution in [0.15, 0.2) is 47.4 Å². The number of piperidine rings is 1. The number of carbonyl (C=O) groups is 2. The van der Waals surface area contributed by atoms with E-state index >= 15 is 0 Å². The maximum Gasteiger partial charge on any atom is 0.411 e. The molecule has 2 aromatic carbocycles. The molecule has 2 amide bonds. The molecule has 0 atom stereocenters. The van der Waals surface area contributed by atoms with Crippen molar-refractivity contribution in [3.05, 3.63) is 53.6 Å². The Balaban J connectivity index is 1.56. The average Bonchev–Trinajstić information content (AvgIpc) is 2.75. The summed E-state index contributed by atoms with van der Waals surface area (Å²) in [6, 6.07) is 12.0. The molecule has 0 aromatic heterocycles. The molecule has 2 aromatic rings. The Labute approximate surface area is 189 Å². The molecule has 172 valence electrons. The first-order chi connectivity index (χ1) is 15.2. The molecule has 1 heterocycles. The Morgan fingerprint density at radius 3 is 2.16 bits per heavy atom. The van der Waals surface area contributed by atoms with Crippen molar-refractivity contribution in [3.8, 4) is 0 Å². The zero-order valence-electron chi connectivity index (χ0n) is 18.6. The molecule has 0 saturated carbocycles. The first-order valence-corrected chi connectivity index (χ1v) is 12.1. The lowest BCUT2D eigenvalue weighted by molar-refractivity contribution is -0.120. The lowest BCUT2D eigenvalue weighted by Gasteiger charge is -2.31. The quantitative estimate of drug-likeness (QED) is 0.681. The largest absolute Gasteiger partial charge is 0.450 e. The number of nitrogens with zero attached hydrogens (tertiary/aromatic N) is 1. The summed E-state index contributed by atoms with van der Waals surface area (Å²) >= 11 is 0. The first-order valence-electron chi connectivity index (χ1n) is 10.6. The molecule has 1 fully saturated rings. The molecule has 1 aliphatic rings. The van der Waals surface area contributed by atoms with Crippen LogP contribution >= 0.6 is 0 Å². The SMILES string of the molecule is CCOC(=O)Nc1ccc(NC(=O)C2CCN(S(=O)(=O)c3ccc(C)cc3C)CC2)cc1. The van der Waals surface area contributed by atoms with Crippen molar-refractivity contribution in [3.63, 3.8) is 0 Å². The smallest absolute Gasteiger partial charge is 0.411 e. The number of nitrogens with one attached hydrogen (secondary N) is 2. The molecule has 0 bridgehead atoms. The van der Waals surface area contributed by atoms with Gasteiger partial charge >= 0.3 is 6.09 Å². The van der Waals surface area contributed by atoms with Crippen molar-refractivity contribution in [1.29, 1.82) is 0 Å². The van der Waals surface area contributed by atoms with Crippen LogP contribution in [0.4, 0.5) is 16.2 Å². The zero-order valence-corrected chi connectivity index (χ0v) is 19.4. The minimum atomic E-state index is -3.58. The molecule has 2 N–H and O–H groups in total. The van der Waals surface area contributed by atoms with Crippen molar-refractivity contribution < 1.29 is 22.7 Å². The highest BCUT2D eigenvalue weighted by Crippen LogP contribution is 2.27. The summed E-state index contributed by atoms with van der Waals surface area (Å²) in [6.45, 7) is 6.34. The number of benzene rings is 2. The van der Waals surface area contributed by atoms with E-state index < -0.39 is 16.1 Å². The second-order valence-electron chi connectivity index (χ2n) is 7.86. The van der Waals surface area contributed by atoms with Crippen LogP contribution in [0.5, 0.6) is 0 Å². The van der Waals surface area contributed by atoms with E-state index in [2.05, 4.69) is 10.6 Å². The van der Waals surface area contributed by atoms with Crippen molar-refractivity contribution in [2.24, 2.45) is 5.92 Å². The summed E-state index contributed by atoms with van der Waals surface area (Å²) in [6.07, 6.45) is 0.378. The molecule has 32 heavy (non-hydrogen) atoms. The third kappa shape index (κ3) is 5.66. The minimum Gasteiger partial charge on any atom is -0.450 e. The van der Waals surface area contributed by atoms with E-state index in [0.29, 0.717) is 42.2 Å². The van der Waals surface area contributed by atoms with Crippen LogP contribution in [0.3, 0.4) is 0 Å². The topological polar surface area (TPSA) is 105 Å². The fourth-order valence-electron chi connectivity index (χ4n) is 3.75. The van der Waals surface area contributed by atoms with E-state index in [-0.39, 0.29) is 18.4 Å². The predicted molar refractivity (Wildman–Crippen MR) is 123 cm³/mol. The molecule has 0 spiro atoms. The fraction of sp³-hybridized carbons (Fsp3) is 0.391. The van der Waals surface area contributed by atoms with Crippen LogP contribution in [0.1, 0.15) is 30.9 Å². The molecule has 8 nitrogen and oxygen atoms in total. The molecule has 0 aliphatic carbocycles. The number of carbonyl (C=O) groups excluding carboxylic acids is 2. The van der Waals surface area contributed by atoms with Crippen LogP contribution in [0.2, 0.25) is 0 Å². The molecule has 1 aliphatic heterocycles. The van der Waals surface area contributed by atoms with Gasteiger partial charge in [0.1, 0.15) is 0 Å². The highest BCUT2D eigenvalue weighted by atomic mass is 32.2. The van der Waals surface area contributed by atoms with Gasteiger partial charge in [0, 0.05) is 30.4 Å². The van der Waals surface area contributed by atoms with Gasteiger partial charge in [-0.05, 0) is 69.5 Å². The Hall–Kier alpha value is -2.91. The molecule has 0 unspecified atom stereocenters. The summed E-state index contributed by atoms with van der Waals surface area (Å²) < 4.78 is 32.3. The maximum absolute atomic E-state index is 13.0. The number of hydrogen-bond acceptors (Lipinski definition) is 5. The summed E-state index contributed by atoms with van der Waals surface area (Å²) in [4.78, 5) is 24.4. The molecule has 3 rings (SSSR count). The van der Waals surface area contributed by atoms with Crippen LogP contribution in [0, 0.1) is 19.8 Å². The normalized spacial score (nSPS) is 15.2. The number of hydrogen-bond donors (Lipinski definition) is 2. The Morgan fingerprint density at radius 1 is 1.00 bits per heavy atom. The molecule has 1 saturated heterocycles. The third-order valence-electron chi connectivity index (χ3n) is 5.45. The van der Waals surface area contributed by atoms with E-state index in [1.54, 1.807) is 50.2 Å². The standard InChI is InChI=1S/C23H29N3O5S/c1-4-31-23(28)25-20-8-6-19(7-9-20)24-22(27)18-11-13-26(14-12-18)32(29,30)21-10-5-16(2)15-17(21)3/h5-10,15,18H,4,11-14H2,1-3H3,(H,24,27)(H,25,28). The van der Waals surface area contributed by atoms with Gasteiger partial charge in [0.2, 0.25) is 15.9 Å². The Bertz CT molecular complexity index is 1080. The van der Waals surface area contributed by atoms with E-state index in [9.17, 15) is 18.0 Å². The highest BCUT2D eigenvalue weighted by molar-refractivity contribution is 7.89. The van der Waals surface area contributed by atoms with Crippen LogP contribution in [-0.4, -0.2) is 44.4 Å². The number of ether oxygens (including phenoxy) is 1. The van der Waals surface area contributed by atoms with E-state index in [1.165, 1.54) is 4.31 Å². The van der Waals surface area contributed by atoms with Crippen LogP contribution < -0.4 is 10.6 Å². The lowest BCUT2D eigenvalue weighted by Crippen LogP contribution is -2.41. The summed E-state index contributed by atoms with van der Waals surface area (Å²) in [5.41, 5.74) is 2.91. The second kappa shape index (κ2) is 10.1. The minimum absolute atomic E-state index is 0.139. The van der Waals surface area contributed by atoms with Crippen LogP contribution in [-0.2, 0) is 19.6 Å². The highest BCUT2D eigenvalue weighted by Gasteiger charge is 2.32. The average molecular weight is 460 g/mol. The van der Waals surface area contributed by atoms with Crippen molar-refractivity contribution in [2.45, 2.75) is 38.5 Å². The van der Waals surface area contributed by atoms with E-state index in [0.717, 1.165) is 11.1 Å².